The fourth-order valence-electron chi connectivity index (χ4n) is 2.68. The van der Waals surface area contributed by atoms with E-state index in [0.29, 0.717) is 0 Å². The average molecular weight is 420 g/mol. The van der Waals surface area contributed by atoms with Crippen molar-refractivity contribution in [1.29, 1.82) is 0 Å². The first kappa shape index (κ1) is 21.0. The molecule has 0 unspecified atom stereocenters. The molecular weight excluding hydrogens is 400 g/mol. The van der Waals surface area contributed by atoms with E-state index < -0.39 is 16.1 Å². The summed E-state index contributed by atoms with van der Waals surface area (Å²) in [4.78, 5) is 24.8. The highest BCUT2D eigenvalue weighted by molar-refractivity contribution is 7.90. The topological polar surface area (TPSA) is 92.3 Å². The summed E-state index contributed by atoms with van der Waals surface area (Å²) in [6, 6.07) is 20.9. The Morgan fingerprint density at radius 1 is 0.833 bits per heavy atom. The number of nitrogens with one attached hydrogen (secondary N) is 2. The molecule has 0 atom stereocenters. The Bertz CT molecular complexity index is 1190. The van der Waals surface area contributed by atoms with Crippen LogP contribution < -0.4 is 10.0 Å². The summed E-state index contributed by atoms with van der Waals surface area (Å²) in [5.74, 6) is -0.323. The van der Waals surface area contributed by atoms with E-state index in [1.807, 2.05) is 42.0 Å². The fourth-order valence-corrected chi connectivity index (χ4v) is 3.59. The number of carbonyl (C=O) groups excluding carboxylic acids is 2. The van der Waals surface area contributed by atoms with E-state index in [2.05, 4.69) is 5.32 Å². The zero-order valence-electron chi connectivity index (χ0n) is 16.2. The Hall–Kier alpha value is -3.71. The number of ketones is 1. The minimum atomic E-state index is -4.04. The van der Waals surface area contributed by atoms with E-state index in [-0.39, 0.29) is 21.9 Å². The molecule has 3 aromatic rings. The van der Waals surface area contributed by atoms with Crippen molar-refractivity contribution < 1.29 is 18.0 Å². The maximum absolute atomic E-state index is 12.6. The molecular formula is C23H20N2O4S. The Balaban J connectivity index is 1.74. The molecule has 0 fully saturated rings. The molecule has 0 saturated heterocycles. The number of amides is 2. The van der Waals surface area contributed by atoms with E-state index in [0.717, 1.165) is 11.1 Å². The number of para-hydroxylation sites is 1. The summed E-state index contributed by atoms with van der Waals surface area (Å²) in [6.07, 6.45) is 3.07. The van der Waals surface area contributed by atoms with Gasteiger partial charge in [0.1, 0.15) is 0 Å². The van der Waals surface area contributed by atoms with Gasteiger partial charge in [-0.15, -0.1) is 0 Å². The monoisotopic (exact) mass is 420 g/mol. The third kappa shape index (κ3) is 5.42. The molecule has 0 aliphatic heterocycles. The second-order valence-corrected chi connectivity index (χ2v) is 8.21. The number of anilines is 1. The predicted molar refractivity (Wildman–Crippen MR) is 117 cm³/mol. The number of benzene rings is 3. The van der Waals surface area contributed by atoms with Crippen molar-refractivity contribution in [3.63, 3.8) is 0 Å². The van der Waals surface area contributed by atoms with Crippen LogP contribution in [0.1, 0.15) is 21.5 Å². The van der Waals surface area contributed by atoms with Crippen LogP contribution in [0.5, 0.6) is 0 Å². The molecule has 0 radical (unpaired) electrons. The van der Waals surface area contributed by atoms with Crippen LogP contribution in [0.3, 0.4) is 0 Å². The smallest absolute Gasteiger partial charge is 0.306 e. The van der Waals surface area contributed by atoms with Crippen molar-refractivity contribution in [2.45, 2.75) is 11.8 Å². The molecule has 6 nitrogen and oxygen atoms in total. The molecule has 0 bridgehead atoms. The third-order valence-electron chi connectivity index (χ3n) is 4.23. The minimum Gasteiger partial charge on any atom is -0.306 e. The van der Waals surface area contributed by atoms with Crippen LogP contribution in [0.15, 0.2) is 89.8 Å². The number of rotatable bonds is 6. The maximum atomic E-state index is 12.6. The Labute approximate surface area is 175 Å². The molecule has 0 spiro atoms. The van der Waals surface area contributed by atoms with E-state index >= 15 is 0 Å². The van der Waals surface area contributed by atoms with Crippen LogP contribution in [0, 0.1) is 6.92 Å². The summed E-state index contributed by atoms with van der Waals surface area (Å²) in [7, 11) is -4.04. The Kier molecular flexibility index (Phi) is 6.44. The number of hydrogen-bond acceptors (Lipinski definition) is 4. The van der Waals surface area contributed by atoms with Crippen LogP contribution in [0.2, 0.25) is 0 Å². The van der Waals surface area contributed by atoms with Gasteiger partial charge in [0.2, 0.25) is 0 Å². The summed E-state index contributed by atoms with van der Waals surface area (Å²) >= 11 is 0. The minimum absolute atomic E-state index is 0.0293. The van der Waals surface area contributed by atoms with Crippen LogP contribution in [-0.4, -0.2) is 20.2 Å². The van der Waals surface area contributed by atoms with Gasteiger partial charge in [-0.25, -0.2) is 17.9 Å². The van der Waals surface area contributed by atoms with Gasteiger partial charge < -0.3 is 5.32 Å². The van der Waals surface area contributed by atoms with Gasteiger partial charge in [-0.2, -0.15) is 0 Å². The van der Waals surface area contributed by atoms with Crippen LogP contribution in [0.25, 0.3) is 6.08 Å². The predicted octanol–water partition coefficient (Wildman–Crippen LogP) is 4.40. The van der Waals surface area contributed by atoms with Gasteiger partial charge in [0.25, 0.3) is 10.0 Å². The van der Waals surface area contributed by atoms with Crippen molar-refractivity contribution >= 4 is 33.6 Å². The van der Waals surface area contributed by atoms with Gasteiger partial charge in [-0.1, -0.05) is 66.2 Å². The van der Waals surface area contributed by atoms with Crippen molar-refractivity contribution in [3.8, 4) is 0 Å². The number of hydrogen-bond donors (Lipinski definition) is 2. The van der Waals surface area contributed by atoms with E-state index in [9.17, 15) is 18.0 Å². The zero-order chi connectivity index (χ0) is 21.6. The molecule has 3 rings (SSSR count). The highest BCUT2D eigenvalue weighted by atomic mass is 32.2. The van der Waals surface area contributed by atoms with Gasteiger partial charge >= 0.3 is 6.03 Å². The lowest BCUT2D eigenvalue weighted by Gasteiger charge is -2.11. The van der Waals surface area contributed by atoms with Gasteiger partial charge in [-0.3, -0.25) is 4.79 Å². The van der Waals surface area contributed by atoms with Crippen molar-refractivity contribution in [1.82, 2.24) is 4.72 Å². The quantitative estimate of drug-likeness (QED) is 0.457. The van der Waals surface area contributed by atoms with Crippen LogP contribution in [-0.2, 0) is 10.0 Å². The molecule has 0 aliphatic carbocycles. The molecule has 2 N–H and O–H groups in total. The first-order valence-electron chi connectivity index (χ1n) is 9.12. The molecule has 0 aliphatic rings. The third-order valence-corrected chi connectivity index (χ3v) is 5.57. The lowest BCUT2D eigenvalue weighted by molar-refractivity contribution is 0.104. The van der Waals surface area contributed by atoms with Crippen molar-refractivity contribution in [3.05, 3.63) is 102 Å². The fraction of sp³-hybridized carbons (Fsp3) is 0.0435. The summed E-state index contributed by atoms with van der Waals surface area (Å²) in [5, 5.41) is 2.44. The molecule has 7 heteroatoms. The lowest BCUT2D eigenvalue weighted by atomic mass is 10.1. The van der Waals surface area contributed by atoms with Gasteiger partial charge in [-0.05, 0) is 42.8 Å². The Morgan fingerprint density at radius 2 is 1.47 bits per heavy atom. The number of aryl methyl sites for hydroxylation is 1. The summed E-state index contributed by atoms with van der Waals surface area (Å²) in [6.45, 7) is 1.83. The highest BCUT2D eigenvalue weighted by Gasteiger charge is 2.19. The SMILES string of the molecule is Cc1ccc(S(=O)(=O)NC(=O)Nc2ccccc2C(=O)/C=C/c2ccccc2)cc1. The van der Waals surface area contributed by atoms with E-state index in [1.54, 1.807) is 36.4 Å². The van der Waals surface area contributed by atoms with Crippen LogP contribution in [0.4, 0.5) is 10.5 Å². The van der Waals surface area contributed by atoms with Crippen LogP contribution >= 0.6 is 0 Å². The first-order valence-corrected chi connectivity index (χ1v) is 10.6. The van der Waals surface area contributed by atoms with E-state index in [4.69, 9.17) is 0 Å². The van der Waals surface area contributed by atoms with Crippen molar-refractivity contribution in [2.75, 3.05) is 5.32 Å². The standard InChI is InChI=1S/C23H20N2O4S/c1-17-11-14-19(15-12-17)30(28,29)25-23(27)24-21-10-6-5-9-20(21)22(26)16-13-18-7-3-2-4-8-18/h2-16H,1H3,(H2,24,25,27)/b16-13+. The molecule has 0 saturated carbocycles. The molecule has 0 aromatic heterocycles. The summed E-state index contributed by atoms with van der Waals surface area (Å²) in [5.41, 5.74) is 2.21. The number of sulfonamides is 1. The maximum Gasteiger partial charge on any atom is 0.333 e. The van der Waals surface area contributed by atoms with Crippen molar-refractivity contribution in [2.24, 2.45) is 0 Å². The molecule has 2 amide bonds. The molecule has 30 heavy (non-hydrogen) atoms. The number of carbonyl (C=O) groups is 2. The highest BCUT2D eigenvalue weighted by Crippen LogP contribution is 2.17. The van der Waals surface area contributed by atoms with E-state index in [1.165, 1.54) is 24.3 Å². The first-order chi connectivity index (χ1) is 14.3. The van der Waals surface area contributed by atoms with Gasteiger partial charge in [0, 0.05) is 5.56 Å². The largest absolute Gasteiger partial charge is 0.333 e. The average Bonchev–Trinajstić information content (AvgIpc) is 2.73. The summed E-state index contributed by atoms with van der Waals surface area (Å²) < 4.78 is 26.7. The van der Waals surface area contributed by atoms with Gasteiger partial charge in [0.15, 0.2) is 5.78 Å². The zero-order valence-corrected chi connectivity index (χ0v) is 17.0. The second-order valence-electron chi connectivity index (χ2n) is 6.53. The number of allylic oxidation sites excluding steroid dienone is 1. The number of urea groups is 1. The second kappa shape index (κ2) is 9.19. The lowest BCUT2D eigenvalue weighted by Crippen LogP contribution is -2.34. The normalized spacial score (nSPS) is 11.2. The molecule has 3 aromatic carbocycles. The molecule has 0 heterocycles. The Morgan fingerprint density at radius 3 is 2.17 bits per heavy atom. The van der Waals surface area contributed by atoms with Gasteiger partial charge in [0.05, 0.1) is 10.6 Å². The molecule has 152 valence electrons.